The largest absolute Gasteiger partial charge is 0.493 e. The molecule has 0 fully saturated rings. The zero-order valence-corrected chi connectivity index (χ0v) is 12.3. The van der Waals surface area contributed by atoms with Gasteiger partial charge in [-0.1, -0.05) is 11.6 Å². The summed E-state index contributed by atoms with van der Waals surface area (Å²) in [7, 11) is 3.11. The molecule has 2 aromatic rings. The summed E-state index contributed by atoms with van der Waals surface area (Å²) >= 11 is 0. The summed E-state index contributed by atoms with van der Waals surface area (Å²) in [4.78, 5) is 15.3. The summed E-state index contributed by atoms with van der Waals surface area (Å²) in [6.45, 7) is 2.10. The molecule has 5 heteroatoms. The van der Waals surface area contributed by atoms with E-state index < -0.39 is 0 Å². The van der Waals surface area contributed by atoms with Gasteiger partial charge in [0.15, 0.2) is 17.8 Å². The van der Waals surface area contributed by atoms with E-state index in [0.29, 0.717) is 28.5 Å². The predicted octanol–water partition coefficient (Wildman–Crippen LogP) is 2.80. The molecule has 1 aromatic heterocycles. The number of methoxy groups -OCH3 is 2. The highest BCUT2D eigenvalue weighted by Gasteiger charge is 2.12. The third-order valence-electron chi connectivity index (χ3n) is 3.02. The van der Waals surface area contributed by atoms with E-state index in [4.69, 9.17) is 14.2 Å². The Kier molecular flexibility index (Phi) is 4.77. The molecule has 0 amide bonds. The monoisotopic (exact) mass is 287 g/mol. The van der Waals surface area contributed by atoms with E-state index in [1.54, 1.807) is 38.6 Å². The number of benzene rings is 1. The highest BCUT2D eigenvalue weighted by Crippen LogP contribution is 2.30. The van der Waals surface area contributed by atoms with Crippen LogP contribution < -0.4 is 14.2 Å². The lowest BCUT2D eigenvalue weighted by molar-refractivity contribution is 0.111. The van der Waals surface area contributed by atoms with Crippen LogP contribution in [0.3, 0.4) is 0 Å². The number of aryl methyl sites for hydroxylation is 1. The maximum Gasteiger partial charge on any atom is 0.185 e. The predicted molar refractivity (Wildman–Crippen MR) is 78.2 cm³/mol. The molecule has 1 aromatic carbocycles. The fourth-order valence-electron chi connectivity index (χ4n) is 1.99. The van der Waals surface area contributed by atoms with E-state index in [2.05, 4.69) is 4.98 Å². The highest BCUT2D eigenvalue weighted by molar-refractivity contribution is 5.79. The van der Waals surface area contributed by atoms with Crippen molar-refractivity contribution in [3.05, 3.63) is 47.3 Å². The van der Waals surface area contributed by atoms with E-state index in [1.807, 2.05) is 13.0 Å². The maximum absolute atomic E-state index is 11.1. The minimum atomic E-state index is 0.185. The van der Waals surface area contributed by atoms with Gasteiger partial charge < -0.3 is 14.2 Å². The summed E-state index contributed by atoms with van der Waals surface area (Å²) in [6, 6.07) is 7.15. The second-order valence-electron chi connectivity index (χ2n) is 4.44. The topological polar surface area (TPSA) is 57.7 Å². The summed E-state index contributed by atoms with van der Waals surface area (Å²) in [5.74, 6) is 1.63. The van der Waals surface area contributed by atoms with Crippen molar-refractivity contribution in [2.75, 3.05) is 14.2 Å². The minimum Gasteiger partial charge on any atom is -0.493 e. The first-order valence-electron chi connectivity index (χ1n) is 6.44. The standard InChI is InChI=1S/C16H17NO4/c1-11-4-5-14(12(8-11)9-18)21-10-13-16(20-3)15(19-2)6-7-17-13/h4-9H,10H2,1-3H3. The van der Waals surface area contributed by atoms with Crippen molar-refractivity contribution in [2.24, 2.45) is 0 Å². The number of ether oxygens (including phenoxy) is 3. The van der Waals surface area contributed by atoms with Crippen LogP contribution in [0, 0.1) is 6.92 Å². The first-order valence-corrected chi connectivity index (χ1v) is 6.44. The number of carbonyl (C=O) groups excluding carboxylic acids is 1. The first kappa shape index (κ1) is 14.8. The molecule has 0 aliphatic rings. The van der Waals surface area contributed by atoms with Gasteiger partial charge in [-0.15, -0.1) is 0 Å². The number of aldehydes is 1. The van der Waals surface area contributed by atoms with Gasteiger partial charge in [-0.2, -0.15) is 0 Å². The van der Waals surface area contributed by atoms with Crippen LogP contribution in [0.5, 0.6) is 17.2 Å². The van der Waals surface area contributed by atoms with E-state index >= 15 is 0 Å². The first-order chi connectivity index (χ1) is 10.2. The molecular weight excluding hydrogens is 270 g/mol. The minimum absolute atomic E-state index is 0.185. The lowest BCUT2D eigenvalue weighted by atomic mass is 10.1. The molecule has 0 spiro atoms. The molecule has 0 saturated heterocycles. The van der Waals surface area contributed by atoms with Crippen molar-refractivity contribution < 1.29 is 19.0 Å². The van der Waals surface area contributed by atoms with Crippen LogP contribution in [0.25, 0.3) is 0 Å². The normalized spacial score (nSPS) is 10.0. The second-order valence-corrected chi connectivity index (χ2v) is 4.44. The molecule has 0 unspecified atom stereocenters. The molecule has 0 radical (unpaired) electrons. The van der Waals surface area contributed by atoms with Gasteiger partial charge >= 0.3 is 0 Å². The smallest absolute Gasteiger partial charge is 0.185 e. The van der Waals surface area contributed by atoms with Gasteiger partial charge in [0.25, 0.3) is 0 Å². The SMILES string of the molecule is COc1ccnc(COc2ccc(C)cc2C=O)c1OC. The average Bonchev–Trinajstić information content (AvgIpc) is 2.52. The maximum atomic E-state index is 11.1. The molecule has 0 bridgehead atoms. The molecule has 2 rings (SSSR count). The van der Waals surface area contributed by atoms with E-state index in [-0.39, 0.29) is 6.61 Å². The quantitative estimate of drug-likeness (QED) is 0.765. The number of hydrogen-bond acceptors (Lipinski definition) is 5. The van der Waals surface area contributed by atoms with Gasteiger partial charge in [0.1, 0.15) is 18.1 Å². The molecule has 5 nitrogen and oxygen atoms in total. The second kappa shape index (κ2) is 6.74. The zero-order valence-electron chi connectivity index (χ0n) is 12.3. The van der Waals surface area contributed by atoms with Crippen LogP contribution in [0.4, 0.5) is 0 Å². The van der Waals surface area contributed by atoms with E-state index in [0.717, 1.165) is 11.8 Å². The summed E-state index contributed by atoms with van der Waals surface area (Å²) in [5, 5.41) is 0. The fraction of sp³-hybridized carbons (Fsp3) is 0.250. The van der Waals surface area contributed by atoms with Crippen LogP contribution in [0.15, 0.2) is 30.5 Å². The van der Waals surface area contributed by atoms with Crippen molar-refractivity contribution in [1.29, 1.82) is 0 Å². The summed E-state index contributed by atoms with van der Waals surface area (Å²) in [5.41, 5.74) is 2.12. The Labute approximate surface area is 123 Å². The highest BCUT2D eigenvalue weighted by atomic mass is 16.5. The van der Waals surface area contributed by atoms with Gasteiger partial charge in [0.05, 0.1) is 19.8 Å². The van der Waals surface area contributed by atoms with Gasteiger partial charge in [0.2, 0.25) is 0 Å². The fourth-order valence-corrected chi connectivity index (χ4v) is 1.99. The molecule has 0 saturated carbocycles. The zero-order chi connectivity index (χ0) is 15.2. The molecular formula is C16H17NO4. The van der Waals surface area contributed by atoms with Crippen LogP contribution in [-0.4, -0.2) is 25.5 Å². The number of hydrogen-bond donors (Lipinski definition) is 0. The van der Waals surface area contributed by atoms with Gasteiger partial charge in [-0.25, -0.2) is 0 Å². The number of aromatic nitrogens is 1. The molecule has 0 atom stereocenters. The van der Waals surface area contributed by atoms with Gasteiger partial charge in [-0.05, 0) is 19.1 Å². The Morgan fingerprint density at radius 2 is 1.95 bits per heavy atom. The molecule has 0 aliphatic heterocycles. The van der Waals surface area contributed by atoms with Gasteiger partial charge in [-0.3, -0.25) is 9.78 Å². The third-order valence-corrected chi connectivity index (χ3v) is 3.02. The van der Waals surface area contributed by atoms with Crippen molar-refractivity contribution in [3.8, 4) is 17.2 Å². The Bertz CT molecular complexity index is 640. The number of rotatable bonds is 6. The Morgan fingerprint density at radius 3 is 2.62 bits per heavy atom. The Balaban J connectivity index is 2.22. The summed E-state index contributed by atoms with van der Waals surface area (Å²) < 4.78 is 16.2. The van der Waals surface area contributed by atoms with Crippen molar-refractivity contribution >= 4 is 6.29 Å². The lowest BCUT2D eigenvalue weighted by Crippen LogP contribution is -2.04. The number of pyridine rings is 1. The molecule has 0 aliphatic carbocycles. The number of carbonyl (C=O) groups is 1. The Hall–Kier alpha value is -2.56. The van der Waals surface area contributed by atoms with Crippen LogP contribution >= 0.6 is 0 Å². The molecule has 1 heterocycles. The third kappa shape index (κ3) is 3.31. The van der Waals surface area contributed by atoms with E-state index in [9.17, 15) is 4.79 Å². The lowest BCUT2D eigenvalue weighted by Gasteiger charge is -2.13. The number of nitrogens with zero attached hydrogens (tertiary/aromatic N) is 1. The van der Waals surface area contributed by atoms with Crippen LogP contribution in [0.2, 0.25) is 0 Å². The van der Waals surface area contributed by atoms with Crippen molar-refractivity contribution in [1.82, 2.24) is 4.98 Å². The van der Waals surface area contributed by atoms with Crippen LogP contribution in [0.1, 0.15) is 21.6 Å². The molecule has 110 valence electrons. The van der Waals surface area contributed by atoms with Gasteiger partial charge in [0, 0.05) is 12.3 Å². The Morgan fingerprint density at radius 1 is 1.14 bits per heavy atom. The van der Waals surface area contributed by atoms with Crippen LogP contribution in [-0.2, 0) is 6.61 Å². The van der Waals surface area contributed by atoms with Crippen molar-refractivity contribution in [2.45, 2.75) is 13.5 Å². The molecule has 21 heavy (non-hydrogen) atoms. The average molecular weight is 287 g/mol. The van der Waals surface area contributed by atoms with E-state index in [1.165, 1.54) is 0 Å². The summed E-state index contributed by atoms with van der Waals surface area (Å²) in [6.07, 6.45) is 2.40. The molecule has 0 N–H and O–H groups in total. The van der Waals surface area contributed by atoms with Crippen molar-refractivity contribution in [3.63, 3.8) is 0 Å².